The molecule has 0 spiro atoms. The van der Waals surface area contributed by atoms with Crippen molar-refractivity contribution in [3.8, 4) is 0 Å². The third-order valence-electron chi connectivity index (χ3n) is 4.86. The van der Waals surface area contributed by atoms with Crippen LogP contribution in [0.15, 0.2) is 24.3 Å². The minimum atomic E-state index is -4.30. The van der Waals surface area contributed by atoms with Crippen molar-refractivity contribution >= 4 is 0 Å². The second-order valence-electron chi connectivity index (χ2n) is 6.37. The first kappa shape index (κ1) is 14.9. The number of hydrogen-bond donors (Lipinski definition) is 1. The molecule has 0 aliphatic heterocycles. The molecule has 2 bridgehead atoms. The lowest BCUT2D eigenvalue weighted by Crippen LogP contribution is -2.34. The van der Waals surface area contributed by atoms with Crippen LogP contribution in [0.3, 0.4) is 0 Å². The summed E-state index contributed by atoms with van der Waals surface area (Å²) in [6, 6.07) is 5.62. The number of fused-ring (bicyclic) bond motifs is 2. The van der Waals surface area contributed by atoms with Crippen molar-refractivity contribution in [2.24, 2.45) is 23.5 Å². The van der Waals surface area contributed by atoms with Gasteiger partial charge in [0.05, 0.1) is 18.8 Å². The summed E-state index contributed by atoms with van der Waals surface area (Å²) in [5.74, 6) is 1.74. The number of rotatable bonds is 4. The number of hydrogen-bond acceptors (Lipinski definition) is 2. The Morgan fingerprint density at radius 1 is 1.19 bits per heavy atom. The molecular formula is C16H20F3NO. The van der Waals surface area contributed by atoms with E-state index in [1.807, 2.05) is 0 Å². The lowest BCUT2D eigenvalue weighted by atomic mass is 9.86. The van der Waals surface area contributed by atoms with E-state index in [2.05, 4.69) is 0 Å². The maximum atomic E-state index is 12.6. The molecule has 3 unspecified atom stereocenters. The highest BCUT2D eigenvalue weighted by molar-refractivity contribution is 5.25. The van der Waals surface area contributed by atoms with E-state index in [0.29, 0.717) is 24.0 Å². The summed E-state index contributed by atoms with van der Waals surface area (Å²) in [5, 5.41) is 0. The Hall–Kier alpha value is -1.07. The van der Waals surface area contributed by atoms with Crippen LogP contribution in [-0.2, 0) is 17.5 Å². The maximum absolute atomic E-state index is 12.6. The van der Waals surface area contributed by atoms with E-state index in [1.54, 1.807) is 6.07 Å². The lowest BCUT2D eigenvalue weighted by molar-refractivity contribution is -0.137. The van der Waals surface area contributed by atoms with Crippen molar-refractivity contribution in [1.29, 1.82) is 0 Å². The molecule has 4 atom stereocenters. The molecule has 0 amide bonds. The highest BCUT2D eigenvalue weighted by atomic mass is 19.4. The molecule has 0 radical (unpaired) electrons. The fraction of sp³-hybridized carbons (Fsp3) is 0.625. The smallest absolute Gasteiger partial charge is 0.376 e. The summed E-state index contributed by atoms with van der Waals surface area (Å²) in [5.41, 5.74) is 6.03. The van der Waals surface area contributed by atoms with Crippen molar-refractivity contribution in [3.63, 3.8) is 0 Å². The summed E-state index contributed by atoms with van der Waals surface area (Å²) in [6.07, 6.45) is -0.831. The van der Waals surface area contributed by atoms with Gasteiger partial charge in [0, 0.05) is 6.04 Å². The zero-order valence-electron chi connectivity index (χ0n) is 11.8. The maximum Gasteiger partial charge on any atom is 0.416 e. The van der Waals surface area contributed by atoms with Gasteiger partial charge in [-0.15, -0.1) is 0 Å². The van der Waals surface area contributed by atoms with Gasteiger partial charge in [0.1, 0.15) is 0 Å². The van der Waals surface area contributed by atoms with Gasteiger partial charge in [-0.3, -0.25) is 0 Å². The zero-order valence-corrected chi connectivity index (χ0v) is 11.8. The highest BCUT2D eigenvalue weighted by Crippen LogP contribution is 2.47. The Morgan fingerprint density at radius 3 is 2.67 bits per heavy atom. The first-order chi connectivity index (χ1) is 9.93. The Kier molecular flexibility index (Phi) is 3.97. The van der Waals surface area contributed by atoms with E-state index in [-0.39, 0.29) is 12.6 Å². The van der Waals surface area contributed by atoms with Crippen molar-refractivity contribution in [2.45, 2.75) is 38.1 Å². The normalized spacial score (nSPS) is 31.8. The minimum Gasteiger partial charge on any atom is -0.376 e. The number of ether oxygens (including phenoxy) is 1. The summed E-state index contributed by atoms with van der Waals surface area (Å²) in [6.45, 7) is 0.832. The van der Waals surface area contributed by atoms with Crippen molar-refractivity contribution < 1.29 is 17.9 Å². The quantitative estimate of drug-likeness (QED) is 0.922. The molecule has 5 heteroatoms. The van der Waals surface area contributed by atoms with Crippen LogP contribution in [0.5, 0.6) is 0 Å². The van der Waals surface area contributed by atoms with Crippen LogP contribution < -0.4 is 5.73 Å². The summed E-state index contributed by atoms with van der Waals surface area (Å²) in [4.78, 5) is 0. The van der Waals surface area contributed by atoms with Gasteiger partial charge in [-0.1, -0.05) is 12.1 Å². The summed E-state index contributed by atoms with van der Waals surface area (Å²) >= 11 is 0. The SMILES string of the molecule is NC1CC2CC1[C@@H](COCc1cccc(C(F)(F)F)c1)C2. The molecule has 1 aromatic carbocycles. The summed E-state index contributed by atoms with van der Waals surface area (Å²) in [7, 11) is 0. The molecule has 2 saturated carbocycles. The number of nitrogens with two attached hydrogens (primary N) is 1. The molecule has 2 aliphatic carbocycles. The second kappa shape index (κ2) is 5.61. The molecule has 116 valence electrons. The predicted molar refractivity (Wildman–Crippen MR) is 73.4 cm³/mol. The van der Waals surface area contributed by atoms with Crippen LogP contribution in [0.25, 0.3) is 0 Å². The van der Waals surface area contributed by atoms with Gasteiger partial charge in [0.25, 0.3) is 0 Å². The van der Waals surface area contributed by atoms with E-state index in [9.17, 15) is 13.2 Å². The van der Waals surface area contributed by atoms with Crippen LogP contribution in [0.4, 0.5) is 13.2 Å². The van der Waals surface area contributed by atoms with Gasteiger partial charge < -0.3 is 10.5 Å². The fourth-order valence-electron chi connectivity index (χ4n) is 3.91. The average Bonchev–Trinajstić information content (AvgIpc) is 2.97. The van der Waals surface area contributed by atoms with E-state index in [1.165, 1.54) is 12.5 Å². The second-order valence-corrected chi connectivity index (χ2v) is 6.37. The molecule has 2 aliphatic rings. The number of alkyl halides is 3. The number of halogens is 3. The molecule has 3 rings (SSSR count). The largest absolute Gasteiger partial charge is 0.416 e. The van der Waals surface area contributed by atoms with E-state index in [4.69, 9.17) is 10.5 Å². The molecular weight excluding hydrogens is 279 g/mol. The van der Waals surface area contributed by atoms with Gasteiger partial charge in [0.2, 0.25) is 0 Å². The van der Waals surface area contributed by atoms with Crippen LogP contribution in [0, 0.1) is 17.8 Å². The molecule has 2 N–H and O–H groups in total. The Balaban J connectivity index is 1.52. The standard InChI is InChI=1S/C16H20F3NO/c17-16(18,19)13-3-1-2-10(5-13)8-21-9-12-4-11-6-14(12)15(20)7-11/h1-3,5,11-12,14-15H,4,6-9,20H2/t11?,12-,14?,15?/m1/s1. The van der Waals surface area contributed by atoms with Crippen LogP contribution in [0.2, 0.25) is 0 Å². The molecule has 0 saturated heterocycles. The van der Waals surface area contributed by atoms with Gasteiger partial charge in [-0.25, -0.2) is 0 Å². The zero-order chi connectivity index (χ0) is 15.0. The lowest BCUT2D eigenvalue weighted by Gasteiger charge is -2.26. The minimum absolute atomic E-state index is 0.229. The third kappa shape index (κ3) is 3.24. The summed E-state index contributed by atoms with van der Waals surface area (Å²) < 4.78 is 43.5. The molecule has 21 heavy (non-hydrogen) atoms. The van der Waals surface area contributed by atoms with Gasteiger partial charge in [-0.05, 0) is 54.7 Å². The Bertz CT molecular complexity index is 503. The van der Waals surface area contributed by atoms with Crippen LogP contribution in [-0.4, -0.2) is 12.6 Å². The first-order valence-corrected chi connectivity index (χ1v) is 7.43. The fourth-order valence-corrected chi connectivity index (χ4v) is 3.91. The topological polar surface area (TPSA) is 35.2 Å². The molecule has 0 heterocycles. The van der Waals surface area contributed by atoms with Crippen molar-refractivity contribution in [2.75, 3.05) is 6.61 Å². The predicted octanol–water partition coefficient (Wildman–Crippen LogP) is 3.60. The van der Waals surface area contributed by atoms with Crippen molar-refractivity contribution in [3.05, 3.63) is 35.4 Å². The average molecular weight is 299 g/mol. The Labute approximate surface area is 122 Å². The Morgan fingerprint density at radius 2 is 2.00 bits per heavy atom. The number of benzene rings is 1. The molecule has 2 fully saturated rings. The molecule has 1 aromatic rings. The highest BCUT2D eigenvalue weighted by Gasteiger charge is 2.44. The van der Waals surface area contributed by atoms with Crippen LogP contribution >= 0.6 is 0 Å². The third-order valence-corrected chi connectivity index (χ3v) is 4.86. The van der Waals surface area contributed by atoms with Gasteiger partial charge in [0.15, 0.2) is 0 Å². The van der Waals surface area contributed by atoms with Crippen LogP contribution in [0.1, 0.15) is 30.4 Å². The van der Waals surface area contributed by atoms with Gasteiger partial charge in [-0.2, -0.15) is 13.2 Å². The monoisotopic (exact) mass is 299 g/mol. The molecule has 0 aromatic heterocycles. The molecule has 2 nitrogen and oxygen atoms in total. The van der Waals surface area contributed by atoms with Gasteiger partial charge >= 0.3 is 6.18 Å². The van der Waals surface area contributed by atoms with E-state index in [0.717, 1.165) is 30.9 Å². The van der Waals surface area contributed by atoms with Crippen molar-refractivity contribution in [1.82, 2.24) is 0 Å². The van der Waals surface area contributed by atoms with E-state index >= 15 is 0 Å². The first-order valence-electron chi connectivity index (χ1n) is 7.43. The van der Waals surface area contributed by atoms with E-state index < -0.39 is 11.7 Å².